The van der Waals surface area contributed by atoms with E-state index in [-0.39, 0.29) is 17.3 Å². The Hall–Kier alpha value is -2.10. The quantitative estimate of drug-likeness (QED) is 0.613. The summed E-state index contributed by atoms with van der Waals surface area (Å²) in [5, 5.41) is 0. The molecule has 0 atom stereocenters. The summed E-state index contributed by atoms with van der Waals surface area (Å²) < 4.78 is 26.3. The van der Waals surface area contributed by atoms with Crippen LogP contribution in [0.25, 0.3) is 0 Å². The van der Waals surface area contributed by atoms with Gasteiger partial charge in [0.2, 0.25) is 10.0 Å². The van der Waals surface area contributed by atoms with Gasteiger partial charge >= 0.3 is 0 Å². The zero-order valence-electron chi connectivity index (χ0n) is 12.8. The molecule has 1 amide bonds. The van der Waals surface area contributed by atoms with Crippen molar-refractivity contribution in [2.24, 2.45) is 0 Å². The van der Waals surface area contributed by atoms with Gasteiger partial charge in [0.25, 0.3) is 5.91 Å². The number of carbonyl (C=O) groups is 1. The van der Waals surface area contributed by atoms with E-state index in [2.05, 4.69) is 17.2 Å². The van der Waals surface area contributed by atoms with E-state index in [9.17, 15) is 13.2 Å². The molecular weight excluding hydrogens is 300 g/mol. The Morgan fingerprint density at radius 1 is 1.45 bits per heavy atom. The molecule has 0 fully saturated rings. The fraction of sp³-hybridized carbons (Fsp3) is 0.312. The Kier molecular flexibility index (Phi) is 6.35. The number of hydrogen-bond acceptors (Lipinski definition) is 3. The first kappa shape index (κ1) is 18.0. The van der Waals surface area contributed by atoms with E-state index in [1.165, 1.54) is 18.2 Å². The summed E-state index contributed by atoms with van der Waals surface area (Å²) in [6, 6.07) is 5.89. The van der Waals surface area contributed by atoms with Gasteiger partial charge in [0.05, 0.1) is 11.4 Å². The van der Waals surface area contributed by atoms with Crippen LogP contribution >= 0.6 is 0 Å². The summed E-state index contributed by atoms with van der Waals surface area (Å²) in [6.07, 6.45) is 5.05. The van der Waals surface area contributed by atoms with E-state index < -0.39 is 10.0 Å². The number of likely N-dealkylation sites (N-methyl/N-ethyl adjacent to an activating group) is 1. The summed E-state index contributed by atoms with van der Waals surface area (Å²) >= 11 is 0. The number of benzene rings is 1. The molecule has 1 aromatic carbocycles. The Balaban J connectivity index is 3.08. The molecule has 0 unspecified atom stereocenters. The first-order chi connectivity index (χ1) is 10.3. The standard InChI is InChI=1S/C16H20N2O3S/c1-5-10-17-22(20,21)15-9-7-8-14(11-15)16(19)18(6-2)12-13(3)4/h1,7-9,11,17H,3,6,10,12H2,2,4H3. The van der Waals surface area contributed by atoms with E-state index >= 15 is 0 Å². The molecule has 0 heterocycles. The van der Waals surface area contributed by atoms with E-state index in [1.807, 2.05) is 13.8 Å². The van der Waals surface area contributed by atoms with Crippen molar-refractivity contribution in [3.05, 3.63) is 42.0 Å². The lowest BCUT2D eigenvalue weighted by molar-refractivity contribution is 0.0778. The zero-order valence-corrected chi connectivity index (χ0v) is 13.6. The van der Waals surface area contributed by atoms with Crippen LogP contribution in [0, 0.1) is 12.3 Å². The second-order valence-corrected chi connectivity index (χ2v) is 6.60. The summed E-state index contributed by atoms with van der Waals surface area (Å²) in [5.74, 6) is 1.97. The molecule has 0 aliphatic heterocycles. The van der Waals surface area contributed by atoms with Crippen molar-refractivity contribution >= 4 is 15.9 Å². The molecule has 1 N–H and O–H groups in total. The molecule has 22 heavy (non-hydrogen) atoms. The highest BCUT2D eigenvalue weighted by atomic mass is 32.2. The molecule has 0 saturated carbocycles. The van der Waals surface area contributed by atoms with E-state index in [4.69, 9.17) is 6.42 Å². The lowest BCUT2D eigenvalue weighted by atomic mass is 10.2. The zero-order chi connectivity index (χ0) is 16.8. The fourth-order valence-corrected chi connectivity index (χ4v) is 2.83. The largest absolute Gasteiger partial charge is 0.335 e. The van der Waals surface area contributed by atoms with Crippen LogP contribution in [0.4, 0.5) is 0 Å². The second-order valence-electron chi connectivity index (χ2n) is 4.83. The first-order valence-electron chi connectivity index (χ1n) is 6.78. The van der Waals surface area contributed by atoms with E-state index in [0.29, 0.717) is 18.7 Å². The molecule has 0 saturated heterocycles. The number of hydrogen-bond donors (Lipinski definition) is 1. The van der Waals surface area contributed by atoms with Crippen molar-refractivity contribution < 1.29 is 13.2 Å². The van der Waals surface area contributed by atoms with Gasteiger partial charge in [-0.3, -0.25) is 4.79 Å². The van der Waals surface area contributed by atoms with Crippen molar-refractivity contribution in [3.8, 4) is 12.3 Å². The van der Waals surface area contributed by atoms with Crippen molar-refractivity contribution in [1.29, 1.82) is 0 Å². The number of nitrogens with one attached hydrogen (secondary N) is 1. The lowest BCUT2D eigenvalue weighted by Crippen LogP contribution is -2.32. The van der Waals surface area contributed by atoms with Crippen LogP contribution < -0.4 is 4.72 Å². The van der Waals surface area contributed by atoms with Gasteiger partial charge in [0, 0.05) is 18.7 Å². The summed E-state index contributed by atoms with van der Waals surface area (Å²) in [5.41, 5.74) is 1.17. The molecule has 118 valence electrons. The monoisotopic (exact) mass is 320 g/mol. The van der Waals surface area contributed by atoms with Gasteiger partial charge in [-0.05, 0) is 32.0 Å². The predicted octanol–water partition coefficient (Wildman–Crippen LogP) is 1.64. The van der Waals surface area contributed by atoms with Crippen LogP contribution in [0.2, 0.25) is 0 Å². The third kappa shape index (κ3) is 4.72. The van der Waals surface area contributed by atoms with Crippen molar-refractivity contribution in [2.75, 3.05) is 19.6 Å². The smallest absolute Gasteiger partial charge is 0.254 e. The van der Waals surface area contributed by atoms with Crippen molar-refractivity contribution in [3.63, 3.8) is 0 Å². The predicted molar refractivity (Wildman–Crippen MR) is 86.9 cm³/mol. The third-order valence-electron chi connectivity index (χ3n) is 2.89. The maximum absolute atomic E-state index is 12.4. The normalized spacial score (nSPS) is 10.8. The van der Waals surface area contributed by atoms with Crippen LogP contribution in [-0.2, 0) is 10.0 Å². The minimum Gasteiger partial charge on any atom is -0.335 e. The third-order valence-corrected chi connectivity index (χ3v) is 4.28. The Bertz CT molecular complexity index is 702. The lowest BCUT2D eigenvalue weighted by Gasteiger charge is -2.21. The molecule has 1 aromatic rings. The maximum Gasteiger partial charge on any atom is 0.254 e. The van der Waals surface area contributed by atoms with Gasteiger partial charge in [-0.25, -0.2) is 8.42 Å². The summed E-state index contributed by atoms with van der Waals surface area (Å²) in [6.45, 7) is 8.33. The van der Waals surface area contributed by atoms with Crippen molar-refractivity contribution in [2.45, 2.75) is 18.7 Å². The molecule has 0 aliphatic carbocycles. The summed E-state index contributed by atoms with van der Waals surface area (Å²) in [4.78, 5) is 14.1. The topological polar surface area (TPSA) is 66.5 Å². The van der Waals surface area contributed by atoms with Crippen LogP contribution in [0.3, 0.4) is 0 Å². The SMILES string of the molecule is C#CCNS(=O)(=O)c1cccc(C(=O)N(CC)CC(=C)C)c1. The Morgan fingerprint density at radius 3 is 2.68 bits per heavy atom. The van der Waals surface area contributed by atoms with Gasteiger partial charge in [-0.15, -0.1) is 6.42 Å². The molecule has 0 bridgehead atoms. The van der Waals surface area contributed by atoms with Gasteiger partial charge in [0.1, 0.15) is 0 Å². The van der Waals surface area contributed by atoms with E-state index in [1.54, 1.807) is 11.0 Å². The van der Waals surface area contributed by atoms with Gasteiger partial charge in [0.15, 0.2) is 0 Å². The number of carbonyl (C=O) groups excluding carboxylic acids is 1. The average molecular weight is 320 g/mol. The Morgan fingerprint density at radius 2 is 2.14 bits per heavy atom. The molecule has 1 rings (SSSR count). The molecule has 0 aliphatic rings. The van der Waals surface area contributed by atoms with Crippen LogP contribution in [0.5, 0.6) is 0 Å². The van der Waals surface area contributed by atoms with Gasteiger partial charge < -0.3 is 4.90 Å². The highest BCUT2D eigenvalue weighted by Crippen LogP contribution is 2.14. The van der Waals surface area contributed by atoms with Gasteiger partial charge in [-0.2, -0.15) is 4.72 Å². The molecule has 0 spiro atoms. The molecular formula is C16H20N2O3S. The highest BCUT2D eigenvalue weighted by molar-refractivity contribution is 7.89. The molecule has 0 aromatic heterocycles. The van der Waals surface area contributed by atoms with Crippen LogP contribution in [0.1, 0.15) is 24.2 Å². The second kappa shape index (κ2) is 7.78. The Labute approximate surface area is 132 Å². The minimum absolute atomic E-state index is 0.0139. The summed E-state index contributed by atoms with van der Waals surface area (Å²) in [7, 11) is -3.71. The highest BCUT2D eigenvalue weighted by Gasteiger charge is 2.18. The molecule has 6 heteroatoms. The van der Waals surface area contributed by atoms with Crippen LogP contribution in [-0.4, -0.2) is 38.9 Å². The number of sulfonamides is 1. The van der Waals surface area contributed by atoms with Crippen LogP contribution in [0.15, 0.2) is 41.3 Å². The number of terminal acetylenes is 1. The minimum atomic E-state index is -3.71. The molecule has 5 nitrogen and oxygen atoms in total. The number of amides is 1. The van der Waals surface area contributed by atoms with Gasteiger partial charge in [-0.1, -0.05) is 24.1 Å². The number of nitrogens with zero attached hydrogens (tertiary/aromatic N) is 1. The number of rotatable bonds is 7. The molecule has 0 radical (unpaired) electrons. The first-order valence-corrected chi connectivity index (χ1v) is 8.27. The average Bonchev–Trinajstić information content (AvgIpc) is 2.50. The van der Waals surface area contributed by atoms with Crippen molar-refractivity contribution in [1.82, 2.24) is 9.62 Å². The van der Waals surface area contributed by atoms with E-state index in [0.717, 1.165) is 5.57 Å². The fourth-order valence-electron chi connectivity index (χ4n) is 1.85. The maximum atomic E-state index is 12.4.